The van der Waals surface area contributed by atoms with Crippen LogP contribution in [0.4, 0.5) is 5.69 Å². The zero-order valence-corrected chi connectivity index (χ0v) is 15.1. The van der Waals surface area contributed by atoms with Crippen molar-refractivity contribution in [3.05, 3.63) is 70.9 Å². The maximum absolute atomic E-state index is 13.0. The van der Waals surface area contributed by atoms with Gasteiger partial charge in [0.2, 0.25) is 5.96 Å². The summed E-state index contributed by atoms with van der Waals surface area (Å²) in [6, 6.07) is 17.0. The molecule has 0 bridgehead atoms. The standard InChI is InChI=1S/C20H20ClN3O/c1-3-23(4-2)20-22-18(14-15-8-6-5-7-9-15)19(25)24(20)17-12-10-16(21)11-13-17/h5-14H,3-4H2,1-2H3. The van der Waals surface area contributed by atoms with E-state index in [4.69, 9.17) is 11.6 Å². The molecule has 0 atom stereocenters. The van der Waals surface area contributed by atoms with Crippen LogP contribution in [0.15, 0.2) is 65.3 Å². The Hall–Kier alpha value is -2.59. The van der Waals surface area contributed by atoms with E-state index in [-0.39, 0.29) is 5.91 Å². The van der Waals surface area contributed by atoms with Gasteiger partial charge < -0.3 is 4.90 Å². The zero-order chi connectivity index (χ0) is 17.8. The van der Waals surface area contributed by atoms with Crippen molar-refractivity contribution >= 4 is 35.2 Å². The molecule has 0 spiro atoms. The average Bonchev–Trinajstić information content (AvgIpc) is 2.94. The Labute approximate surface area is 153 Å². The van der Waals surface area contributed by atoms with E-state index in [9.17, 15) is 4.79 Å². The first-order chi connectivity index (χ1) is 12.1. The van der Waals surface area contributed by atoms with Crippen LogP contribution in [0.3, 0.4) is 0 Å². The fourth-order valence-corrected chi connectivity index (χ4v) is 2.88. The van der Waals surface area contributed by atoms with E-state index in [1.54, 1.807) is 17.0 Å². The van der Waals surface area contributed by atoms with Crippen LogP contribution in [-0.4, -0.2) is 29.9 Å². The van der Waals surface area contributed by atoms with Gasteiger partial charge >= 0.3 is 0 Å². The number of anilines is 1. The van der Waals surface area contributed by atoms with E-state index in [0.717, 1.165) is 24.3 Å². The smallest absolute Gasteiger partial charge is 0.283 e. The monoisotopic (exact) mass is 353 g/mol. The lowest BCUT2D eigenvalue weighted by Gasteiger charge is -2.27. The van der Waals surface area contributed by atoms with Crippen LogP contribution in [-0.2, 0) is 4.79 Å². The number of hydrogen-bond acceptors (Lipinski definition) is 3. The molecule has 3 rings (SSSR count). The van der Waals surface area contributed by atoms with Gasteiger partial charge in [0, 0.05) is 18.1 Å². The second-order valence-corrected chi connectivity index (χ2v) is 6.08. The van der Waals surface area contributed by atoms with Crippen molar-refractivity contribution < 1.29 is 4.79 Å². The lowest BCUT2D eigenvalue weighted by molar-refractivity contribution is -0.113. The molecular weight excluding hydrogens is 334 g/mol. The van der Waals surface area contributed by atoms with Crippen LogP contribution in [0.5, 0.6) is 0 Å². The minimum absolute atomic E-state index is 0.131. The molecule has 1 amide bonds. The third-order valence-corrected chi connectivity index (χ3v) is 4.33. The SMILES string of the molecule is CCN(CC)C1=NC(=Cc2ccccc2)C(=O)N1c1ccc(Cl)cc1. The number of aliphatic imine (C=N–C) groups is 1. The predicted molar refractivity (Wildman–Crippen MR) is 104 cm³/mol. The zero-order valence-electron chi connectivity index (χ0n) is 14.3. The summed E-state index contributed by atoms with van der Waals surface area (Å²) >= 11 is 5.99. The minimum atomic E-state index is -0.131. The van der Waals surface area contributed by atoms with Gasteiger partial charge in [-0.2, -0.15) is 0 Å². The molecule has 0 aliphatic carbocycles. The van der Waals surface area contributed by atoms with Gasteiger partial charge in [0.1, 0.15) is 5.70 Å². The van der Waals surface area contributed by atoms with Crippen molar-refractivity contribution in [1.82, 2.24) is 4.90 Å². The van der Waals surface area contributed by atoms with Crippen molar-refractivity contribution in [2.24, 2.45) is 4.99 Å². The summed E-state index contributed by atoms with van der Waals surface area (Å²) in [5.74, 6) is 0.521. The second kappa shape index (κ2) is 7.53. The maximum Gasteiger partial charge on any atom is 0.283 e. The van der Waals surface area contributed by atoms with E-state index in [2.05, 4.69) is 23.7 Å². The topological polar surface area (TPSA) is 35.9 Å². The van der Waals surface area contributed by atoms with E-state index in [0.29, 0.717) is 16.7 Å². The van der Waals surface area contributed by atoms with Crippen LogP contribution in [0, 0.1) is 0 Å². The molecule has 5 heteroatoms. The van der Waals surface area contributed by atoms with E-state index in [1.165, 1.54) is 0 Å². The number of nitrogens with zero attached hydrogens (tertiary/aromatic N) is 3. The molecule has 128 valence electrons. The van der Waals surface area contributed by atoms with Gasteiger partial charge in [0.15, 0.2) is 0 Å². The highest BCUT2D eigenvalue weighted by atomic mass is 35.5. The normalized spacial score (nSPS) is 15.6. The molecule has 0 fully saturated rings. The fourth-order valence-electron chi connectivity index (χ4n) is 2.75. The molecule has 2 aromatic rings. The first-order valence-corrected chi connectivity index (χ1v) is 8.72. The highest BCUT2D eigenvalue weighted by Crippen LogP contribution is 2.27. The summed E-state index contributed by atoms with van der Waals surface area (Å²) in [5, 5.41) is 0.636. The van der Waals surface area contributed by atoms with Gasteiger partial charge in [-0.1, -0.05) is 41.9 Å². The molecule has 1 heterocycles. The largest absolute Gasteiger partial charge is 0.342 e. The van der Waals surface area contributed by atoms with Crippen molar-refractivity contribution in [2.45, 2.75) is 13.8 Å². The van der Waals surface area contributed by atoms with Crippen molar-refractivity contribution in [3.8, 4) is 0 Å². The number of carbonyl (C=O) groups excluding carboxylic acids is 1. The molecule has 1 aliphatic rings. The third kappa shape index (κ3) is 3.59. The van der Waals surface area contributed by atoms with Crippen molar-refractivity contribution in [2.75, 3.05) is 18.0 Å². The molecule has 0 unspecified atom stereocenters. The first kappa shape index (κ1) is 17.2. The van der Waals surface area contributed by atoms with Crippen LogP contribution in [0.25, 0.3) is 6.08 Å². The molecule has 0 saturated heterocycles. The quantitative estimate of drug-likeness (QED) is 0.762. The minimum Gasteiger partial charge on any atom is -0.342 e. The number of carbonyl (C=O) groups is 1. The summed E-state index contributed by atoms with van der Waals surface area (Å²) < 4.78 is 0. The Morgan fingerprint density at radius 2 is 1.68 bits per heavy atom. The molecule has 0 N–H and O–H groups in total. The van der Waals surface area contributed by atoms with Crippen molar-refractivity contribution in [1.29, 1.82) is 0 Å². The Morgan fingerprint density at radius 1 is 1.04 bits per heavy atom. The molecule has 0 saturated carbocycles. The predicted octanol–water partition coefficient (Wildman–Crippen LogP) is 4.43. The molecule has 2 aromatic carbocycles. The Balaban J connectivity index is 2.04. The number of amides is 1. The molecule has 0 aromatic heterocycles. The summed E-state index contributed by atoms with van der Waals surface area (Å²) in [5.41, 5.74) is 2.14. The van der Waals surface area contributed by atoms with Crippen molar-refractivity contribution in [3.63, 3.8) is 0 Å². The summed E-state index contributed by atoms with van der Waals surface area (Å²) in [6.45, 7) is 5.64. The Bertz CT molecular complexity index is 809. The maximum atomic E-state index is 13.0. The Kier molecular flexibility index (Phi) is 5.19. The fraction of sp³-hybridized carbons (Fsp3) is 0.200. The second-order valence-electron chi connectivity index (χ2n) is 5.64. The lowest BCUT2D eigenvalue weighted by atomic mass is 10.2. The van der Waals surface area contributed by atoms with E-state index < -0.39 is 0 Å². The number of halogens is 1. The first-order valence-electron chi connectivity index (χ1n) is 8.34. The van der Waals surface area contributed by atoms with Gasteiger partial charge in [-0.15, -0.1) is 0 Å². The number of benzene rings is 2. The molecule has 0 radical (unpaired) electrons. The van der Waals surface area contributed by atoms with Crippen LogP contribution < -0.4 is 4.90 Å². The highest BCUT2D eigenvalue weighted by Gasteiger charge is 2.34. The number of rotatable bonds is 4. The van der Waals surface area contributed by atoms with Gasteiger partial charge in [-0.05, 0) is 49.8 Å². The van der Waals surface area contributed by atoms with Gasteiger partial charge in [-0.3, -0.25) is 4.79 Å². The highest BCUT2D eigenvalue weighted by molar-refractivity contribution is 6.31. The third-order valence-electron chi connectivity index (χ3n) is 4.08. The number of guanidine groups is 1. The van der Waals surface area contributed by atoms with Crippen LogP contribution in [0.1, 0.15) is 19.4 Å². The summed E-state index contributed by atoms with van der Waals surface area (Å²) in [6.07, 6.45) is 1.82. The van der Waals surface area contributed by atoms with E-state index in [1.807, 2.05) is 48.5 Å². The molecule has 1 aliphatic heterocycles. The van der Waals surface area contributed by atoms with E-state index >= 15 is 0 Å². The van der Waals surface area contributed by atoms with Gasteiger partial charge in [0.05, 0.1) is 5.69 Å². The average molecular weight is 354 g/mol. The summed E-state index contributed by atoms with van der Waals surface area (Å²) in [4.78, 5) is 21.4. The molecular formula is C20H20ClN3O. The lowest BCUT2D eigenvalue weighted by Crippen LogP contribution is -2.44. The molecule has 25 heavy (non-hydrogen) atoms. The van der Waals surface area contributed by atoms with Gasteiger partial charge in [0.25, 0.3) is 5.91 Å². The summed E-state index contributed by atoms with van der Waals surface area (Å²) in [7, 11) is 0. The Morgan fingerprint density at radius 3 is 2.28 bits per heavy atom. The van der Waals surface area contributed by atoms with Crippen LogP contribution in [0.2, 0.25) is 5.02 Å². The van der Waals surface area contributed by atoms with Gasteiger partial charge in [-0.25, -0.2) is 9.89 Å². The number of hydrogen-bond donors (Lipinski definition) is 0. The molecule has 4 nitrogen and oxygen atoms in total. The van der Waals surface area contributed by atoms with Crippen LogP contribution >= 0.6 is 11.6 Å².